The van der Waals surface area contributed by atoms with Crippen molar-refractivity contribution in [1.29, 1.82) is 0 Å². The van der Waals surface area contributed by atoms with Crippen LogP contribution in [0.4, 0.5) is 0 Å². The Hall–Kier alpha value is -2.31. The molecular weight excluding hydrogens is 340 g/mol. The van der Waals surface area contributed by atoms with Crippen LogP contribution in [0.15, 0.2) is 58.1 Å². The predicted octanol–water partition coefficient (Wildman–Crippen LogP) is 2.71. The lowest BCUT2D eigenvalue weighted by molar-refractivity contribution is 0.153. The Kier molecular flexibility index (Phi) is 7.30. The third-order valence-corrected chi connectivity index (χ3v) is 4.87. The Morgan fingerprint density at radius 1 is 1.15 bits per heavy atom. The molecule has 2 aromatic rings. The number of nitrogens with zero attached hydrogens (tertiary/aromatic N) is 2. The standard InChI is InChI=1S/C21H30N4O2/c1-2-22-21(24-16-19(26)20-11-8-14-27-20)23-15-18(25-12-6-7-13-25)17-9-4-3-5-10-17/h3-5,8-11,14,18-19,26H,2,6-7,12-13,15-16H2,1H3,(H2,22,23,24). The van der Waals surface area contributed by atoms with Crippen molar-refractivity contribution in [3.05, 3.63) is 60.1 Å². The molecule has 6 heteroatoms. The highest BCUT2D eigenvalue weighted by molar-refractivity contribution is 5.79. The number of guanidine groups is 1. The van der Waals surface area contributed by atoms with Gasteiger partial charge in [-0.15, -0.1) is 0 Å². The maximum Gasteiger partial charge on any atom is 0.191 e. The number of nitrogens with one attached hydrogen (secondary N) is 2. The van der Waals surface area contributed by atoms with Crippen molar-refractivity contribution in [3.63, 3.8) is 0 Å². The van der Waals surface area contributed by atoms with Crippen LogP contribution in [0.5, 0.6) is 0 Å². The zero-order valence-corrected chi connectivity index (χ0v) is 16.0. The van der Waals surface area contributed by atoms with Crippen molar-refractivity contribution < 1.29 is 9.52 Å². The Balaban J connectivity index is 1.65. The van der Waals surface area contributed by atoms with Crippen molar-refractivity contribution in [3.8, 4) is 0 Å². The molecule has 0 spiro atoms. The van der Waals surface area contributed by atoms with Gasteiger partial charge in [0.15, 0.2) is 5.96 Å². The SMILES string of the molecule is CCNC(=NCC(c1ccccc1)N1CCCC1)NCC(O)c1ccco1. The van der Waals surface area contributed by atoms with Gasteiger partial charge in [-0.05, 0) is 50.6 Å². The van der Waals surface area contributed by atoms with Crippen LogP contribution in [0.3, 0.4) is 0 Å². The molecule has 6 nitrogen and oxygen atoms in total. The first-order chi connectivity index (χ1) is 13.3. The minimum atomic E-state index is -0.702. The zero-order chi connectivity index (χ0) is 18.9. The fraction of sp³-hybridized carbons (Fsp3) is 0.476. The molecule has 0 bridgehead atoms. The smallest absolute Gasteiger partial charge is 0.191 e. The molecule has 1 aliphatic rings. The number of aliphatic imine (C=N–C) groups is 1. The van der Waals surface area contributed by atoms with Crippen LogP contribution in [0, 0.1) is 0 Å². The summed E-state index contributed by atoms with van der Waals surface area (Å²) in [7, 11) is 0. The third-order valence-electron chi connectivity index (χ3n) is 4.87. The van der Waals surface area contributed by atoms with E-state index in [2.05, 4.69) is 45.9 Å². The van der Waals surface area contributed by atoms with Crippen LogP contribution in [0.1, 0.15) is 43.2 Å². The molecule has 2 heterocycles. The number of rotatable bonds is 8. The molecule has 2 atom stereocenters. The molecule has 3 N–H and O–H groups in total. The average molecular weight is 370 g/mol. The normalized spacial score (nSPS) is 17.6. The van der Waals surface area contributed by atoms with Crippen LogP contribution < -0.4 is 10.6 Å². The molecule has 0 aliphatic carbocycles. The fourth-order valence-electron chi connectivity index (χ4n) is 3.45. The Morgan fingerprint density at radius 3 is 2.59 bits per heavy atom. The summed E-state index contributed by atoms with van der Waals surface area (Å²) in [4.78, 5) is 7.31. The van der Waals surface area contributed by atoms with Gasteiger partial charge in [0.05, 0.1) is 25.4 Å². The summed E-state index contributed by atoms with van der Waals surface area (Å²) >= 11 is 0. The molecule has 0 radical (unpaired) electrons. The average Bonchev–Trinajstić information content (AvgIpc) is 3.41. The van der Waals surface area contributed by atoms with Gasteiger partial charge in [0.25, 0.3) is 0 Å². The third kappa shape index (κ3) is 5.58. The molecule has 1 aromatic heterocycles. The predicted molar refractivity (Wildman–Crippen MR) is 108 cm³/mol. The Morgan fingerprint density at radius 2 is 1.93 bits per heavy atom. The minimum absolute atomic E-state index is 0.277. The van der Waals surface area contributed by atoms with E-state index in [-0.39, 0.29) is 6.04 Å². The van der Waals surface area contributed by atoms with Crippen molar-refractivity contribution in [1.82, 2.24) is 15.5 Å². The van der Waals surface area contributed by atoms with Gasteiger partial charge in [-0.3, -0.25) is 9.89 Å². The number of furan rings is 1. The second-order valence-electron chi connectivity index (χ2n) is 6.80. The second kappa shape index (κ2) is 10.1. The maximum atomic E-state index is 10.2. The monoisotopic (exact) mass is 370 g/mol. The van der Waals surface area contributed by atoms with E-state index in [9.17, 15) is 5.11 Å². The van der Waals surface area contributed by atoms with Crippen LogP contribution in [-0.2, 0) is 0 Å². The maximum absolute atomic E-state index is 10.2. The Labute approximate surface area is 161 Å². The highest BCUT2D eigenvalue weighted by atomic mass is 16.4. The summed E-state index contributed by atoms with van der Waals surface area (Å²) in [6.07, 6.45) is 3.37. The van der Waals surface area contributed by atoms with Gasteiger partial charge in [-0.25, -0.2) is 0 Å². The van der Waals surface area contributed by atoms with Crippen molar-refractivity contribution in [2.75, 3.05) is 32.7 Å². The van der Waals surface area contributed by atoms with Gasteiger partial charge in [0, 0.05) is 6.54 Å². The van der Waals surface area contributed by atoms with Crippen LogP contribution >= 0.6 is 0 Å². The largest absolute Gasteiger partial charge is 0.467 e. The molecule has 3 rings (SSSR count). The topological polar surface area (TPSA) is 73.0 Å². The van der Waals surface area contributed by atoms with Gasteiger partial charge < -0.3 is 20.2 Å². The molecular formula is C21H30N4O2. The number of hydrogen-bond donors (Lipinski definition) is 3. The van der Waals surface area contributed by atoms with Gasteiger partial charge >= 0.3 is 0 Å². The van der Waals surface area contributed by atoms with E-state index >= 15 is 0 Å². The summed E-state index contributed by atoms with van der Waals surface area (Å²) in [5.41, 5.74) is 1.30. The van der Waals surface area contributed by atoms with Gasteiger partial charge in [-0.1, -0.05) is 30.3 Å². The first-order valence-corrected chi connectivity index (χ1v) is 9.80. The van der Waals surface area contributed by atoms with E-state index in [4.69, 9.17) is 9.41 Å². The summed E-state index contributed by atoms with van der Waals surface area (Å²) in [5, 5.41) is 16.7. The molecule has 0 saturated carbocycles. The van der Waals surface area contributed by atoms with Crippen molar-refractivity contribution >= 4 is 5.96 Å². The van der Waals surface area contributed by atoms with Gasteiger partial charge in [0.2, 0.25) is 0 Å². The summed E-state index contributed by atoms with van der Waals surface area (Å²) in [6, 6.07) is 14.4. The number of aliphatic hydroxyl groups is 1. The molecule has 2 unspecified atom stereocenters. The highest BCUT2D eigenvalue weighted by Gasteiger charge is 2.23. The van der Waals surface area contributed by atoms with Crippen molar-refractivity contribution in [2.24, 2.45) is 4.99 Å². The molecule has 0 amide bonds. The lowest BCUT2D eigenvalue weighted by Gasteiger charge is -2.27. The molecule has 146 valence electrons. The number of benzene rings is 1. The van der Waals surface area contributed by atoms with Crippen LogP contribution in [-0.4, -0.2) is 48.7 Å². The lowest BCUT2D eigenvalue weighted by atomic mass is 10.1. The first kappa shape index (κ1) is 19.5. The summed E-state index contributed by atoms with van der Waals surface area (Å²) < 4.78 is 5.25. The summed E-state index contributed by atoms with van der Waals surface area (Å²) in [6.45, 7) is 6.07. The van der Waals surface area contributed by atoms with Crippen LogP contribution in [0.25, 0.3) is 0 Å². The molecule has 1 saturated heterocycles. The molecule has 1 aliphatic heterocycles. The number of hydrogen-bond acceptors (Lipinski definition) is 4. The van der Waals surface area contributed by atoms with E-state index < -0.39 is 6.10 Å². The molecule has 1 aromatic carbocycles. The Bertz CT molecular complexity index is 681. The van der Waals surface area contributed by atoms with Gasteiger partial charge in [0.1, 0.15) is 11.9 Å². The first-order valence-electron chi connectivity index (χ1n) is 9.80. The number of aliphatic hydroxyl groups excluding tert-OH is 1. The second-order valence-corrected chi connectivity index (χ2v) is 6.80. The van der Waals surface area contributed by atoms with E-state index in [0.29, 0.717) is 24.8 Å². The molecule has 1 fully saturated rings. The van der Waals surface area contributed by atoms with E-state index in [1.54, 1.807) is 18.4 Å². The quantitative estimate of drug-likeness (QED) is 0.492. The lowest BCUT2D eigenvalue weighted by Crippen LogP contribution is -2.40. The fourth-order valence-corrected chi connectivity index (χ4v) is 3.45. The van der Waals surface area contributed by atoms with Crippen molar-refractivity contribution in [2.45, 2.75) is 31.9 Å². The zero-order valence-electron chi connectivity index (χ0n) is 16.0. The van der Waals surface area contributed by atoms with E-state index in [0.717, 1.165) is 19.6 Å². The minimum Gasteiger partial charge on any atom is -0.467 e. The van der Waals surface area contributed by atoms with E-state index in [1.807, 2.05) is 6.92 Å². The summed E-state index contributed by atoms with van der Waals surface area (Å²) in [5.74, 6) is 1.26. The van der Waals surface area contributed by atoms with E-state index in [1.165, 1.54) is 18.4 Å². The highest BCUT2D eigenvalue weighted by Crippen LogP contribution is 2.25. The van der Waals surface area contributed by atoms with Crippen LogP contribution in [0.2, 0.25) is 0 Å². The molecule has 27 heavy (non-hydrogen) atoms. The number of likely N-dealkylation sites (tertiary alicyclic amines) is 1. The van der Waals surface area contributed by atoms with Gasteiger partial charge in [-0.2, -0.15) is 0 Å².